The second kappa shape index (κ2) is 8.21. The molecule has 0 atom stereocenters. The molecule has 3 aromatic rings. The molecule has 2 heterocycles. The first kappa shape index (κ1) is 17.6. The number of furan rings is 1. The number of aromatic nitrogens is 1. The van der Waals surface area contributed by atoms with Crippen molar-refractivity contribution in [1.82, 2.24) is 10.4 Å². The van der Waals surface area contributed by atoms with E-state index in [-0.39, 0.29) is 11.7 Å². The van der Waals surface area contributed by atoms with Crippen molar-refractivity contribution < 1.29 is 18.7 Å². The van der Waals surface area contributed by atoms with E-state index in [2.05, 4.69) is 31.4 Å². The van der Waals surface area contributed by atoms with Gasteiger partial charge in [0.05, 0.1) is 18.0 Å². The third-order valence-corrected chi connectivity index (χ3v) is 3.59. The maximum absolute atomic E-state index is 11.9. The van der Waals surface area contributed by atoms with Gasteiger partial charge in [0.15, 0.2) is 0 Å². The molecule has 1 amide bonds. The molecule has 0 aliphatic heterocycles. The van der Waals surface area contributed by atoms with E-state index in [1.165, 1.54) is 24.7 Å². The molecule has 0 saturated carbocycles. The minimum Gasteiger partial charge on any atom is -0.457 e. The SMILES string of the molecule is O=C(N/N=C/c1ccc(OC(=O)c2ccco2)cc1)c1cncc(Br)c1. The summed E-state index contributed by atoms with van der Waals surface area (Å²) in [4.78, 5) is 27.6. The quantitative estimate of drug-likeness (QED) is 0.299. The highest BCUT2D eigenvalue weighted by molar-refractivity contribution is 9.10. The van der Waals surface area contributed by atoms with Gasteiger partial charge < -0.3 is 9.15 Å². The lowest BCUT2D eigenvalue weighted by Crippen LogP contribution is -2.17. The average Bonchev–Trinajstić information content (AvgIpc) is 3.18. The summed E-state index contributed by atoms with van der Waals surface area (Å²) in [6.45, 7) is 0. The maximum atomic E-state index is 11.9. The van der Waals surface area contributed by atoms with Crippen LogP contribution in [0.25, 0.3) is 0 Å². The van der Waals surface area contributed by atoms with Crippen molar-refractivity contribution in [2.45, 2.75) is 0 Å². The smallest absolute Gasteiger partial charge is 0.379 e. The Kier molecular flexibility index (Phi) is 5.55. The van der Waals surface area contributed by atoms with Gasteiger partial charge in [-0.3, -0.25) is 9.78 Å². The summed E-state index contributed by atoms with van der Waals surface area (Å²) in [5.74, 6) is -0.460. The summed E-state index contributed by atoms with van der Waals surface area (Å²) in [5, 5.41) is 3.89. The molecule has 1 N–H and O–H groups in total. The molecule has 3 rings (SSSR count). The van der Waals surface area contributed by atoms with Gasteiger partial charge in [-0.1, -0.05) is 0 Å². The summed E-state index contributed by atoms with van der Waals surface area (Å²) >= 11 is 3.25. The van der Waals surface area contributed by atoms with E-state index in [0.717, 1.165) is 5.56 Å². The van der Waals surface area contributed by atoms with Crippen molar-refractivity contribution in [2.24, 2.45) is 5.10 Å². The van der Waals surface area contributed by atoms with Crippen LogP contribution in [0, 0.1) is 0 Å². The Morgan fingerprint density at radius 3 is 2.69 bits per heavy atom. The Balaban J connectivity index is 1.56. The number of carbonyl (C=O) groups excluding carboxylic acids is 2. The van der Waals surface area contributed by atoms with E-state index in [1.54, 1.807) is 42.6 Å². The van der Waals surface area contributed by atoms with Crippen molar-refractivity contribution in [1.29, 1.82) is 0 Å². The normalized spacial score (nSPS) is 10.7. The van der Waals surface area contributed by atoms with E-state index in [1.807, 2.05) is 0 Å². The first-order valence-electron chi connectivity index (χ1n) is 7.41. The van der Waals surface area contributed by atoms with E-state index in [0.29, 0.717) is 15.8 Å². The molecule has 130 valence electrons. The summed E-state index contributed by atoms with van der Waals surface area (Å²) in [5.41, 5.74) is 3.52. The van der Waals surface area contributed by atoms with Gasteiger partial charge in [0, 0.05) is 16.9 Å². The second-order valence-electron chi connectivity index (χ2n) is 5.03. The molecule has 7 nitrogen and oxygen atoms in total. The highest BCUT2D eigenvalue weighted by Gasteiger charge is 2.11. The van der Waals surface area contributed by atoms with Crippen LogP contribution in [0.4, 0.5) is 0 Å². The Hall–Kier alpha value is -3.26. The van der Waals surface area contributed by atoms with Gasteiger partial charge >= 0.3 is 5.97 Å². The molecule has 26 heavy (non-hydrogen) atoms. The molecule has 0 fully saturated rings. The molecule has 0 radical (unpaired) electrons. The number of hydrogen-bond donors (Lipinski definition) is 1. The predicted octanol–water partition coefficient (Wildman–Crippen LogP) is 3.42. The number of hydrazone groups is 1. The maximum Gasteiger partial charge on any atom is 0.379 e. The van der Waals surface area contributed by atoms with Crippen LogP contribution in [-0.2, 0) is 0 Å². The Bertz CT molecular complexity index is 937. The van der Waals surface area contributed by atoms with Crippen LogP contribution in [0.15, 0.2) is 75.1 Å². The van der Waals surface area contributed by atoms with Gasteiger partial charge in [-0.25, -0.2) is 10.2 Å². The molecule has 8 heteroatoms. The topological polar surface area (TPSA) is 93.8 Å². The van der Waals surface area contributed by atoms with Crippen LogP contribution in [0.3, 0.4) is 0 Å². The van der Waals surface area contributed by atoms with E-state index < -0.39 is 5.97 Å². The van der Waals surface area contributed by atoms with Crippen molar-refractivity contribution in [3.8, 4) is 5.75 Å². The molecule has 2 aromatic heterocycles. The van der Waals surface area contributed by atoms with E-state index in [9.17, 15) is 9.59 Å². The molecule has 0 aliphatic rings. The molecular weight excluding hydrogens is 402 g/mol. The number of nitrogens with zero attached hydrogens (tertiary/aromatic N) is 2. The van der Waals surface area contributed by atoms with E-state index in [4.69, 9.17) is 9.15 Å². The number of benzene rings is 1. The molecule has 0 spiro atoms. The fourth-order valence-electron chi connectivity index (χ4n) is 1.94. The van der Waals surface area contributed by atoms with Crippen molar-refractivity contribution in [2.75, 3.05) is 0 Å². The van der Waals surface area contributed by atoms with Crippen molar-refractivity contribution in [3.63, 3.8) is 0 Å². The summed E-state index contributed by atoms with van der Waals surface area (Å²) in [6, 6.07) is 11.4. The van der Waals surface area contributed by atoms with Crippen LogP contribution >= 0.6 is 15.9 Å². The first-order chi connectivity index (χ1) is 12.6. The number of halogens is 1. The van der Waals surface area contributed by atoms with Gasteiger partial charge in [0.2, 0.25) is 5.76 Å². The molecule has 0 saturated heterocycles. The van der Waals surface area contributed by atoms with Gasteiger partial charge in [-0.05, 0) is 64.0 Å². The van der Waals surface area contributed by atoms with Crippen LogP contribution in [0.1, 0.15) is 26.5 Å². The van der Waals surface area contributed by atoms with Gasteiger partial charge in [0.25, 0.3) is 5.91 Å². The predicted molar refractivity (Wildman–Crippen MR) is 97.1 cm³/mol. The summed E-state index contributed by atoms with van der Waals surface area (Å²) in [7, 11) is 0. The lowest BCUT2D eigenvalue weighted by Gasteiger charge is -2.02. The third kappa shape index (κ3) is 4.64. The molecule has 0 aliphatic carbocycles. The van der Waals surface area contributed by atoms with Gasteiger partial charge in [0.1, 0.15) is 5.75 Å². The second-order valence-corrected chi connectivity index (χ2v) is 5.94. The zero-order valence-corrected chi connectivity index (χ0v) is 14.8. The third-order valence-electron chi connectivity index (χ3n) is 3.16. The summed E-state index contributed by atoms with van der Waals surface area (Å²) < 4.78 is 10.8. The van der Waals surface area contributed by atoms with Crippen LogP contribution in [0.5, 0.6) is 5.75 Å². The lowest BCUT2D eigenvalue weighted by atomic mass is 10.2. The largest absolute Gasteiger partial charge is 0.457 e. The number of pyridine rings is 1. The Labute approximate surface area is 156 Å². The fourth-order valence-corrected chi connectivity index (χ4v) is 2.30. The molecule has 0 bridgehead atoms. The van der Waals surface area contributed by atoms with Gasteiger partial charge in [-0.2, -0.15) is 5.10 Å². The molecule has 0 unspecified atom stereocenters. The Morgan fingerprint density at radius 2 is 2.00 bits per heavy atom. The number of ether oxygens (including phenoxy) is 1. The van der Waals surface area contributed by atoms with Crippen LogP contribution in [-0.4, -0.2) is 23.1 Å². The number of esters is 1. The summed E-state index contributed by atoms with van der Waals surface area (Å²) in [6.07, 6.45) is 5.90. The molecular formula is C18H12BrN3O4. The lowest BCUT2D eigenvalue weighted by molar-refractivity contribution is 0.0701. The highest BCUT2D eigenvalue weighted by atomic mass is 79.9. The van der Waals surface area contributed by atoms with Crippen LogP contribution < -0.4 is 10.2 Å². The Morgan fingerprint density at radius 1 is 1.19 bits per heavy atom. The van der Waals surface area contributed by atoms with Crippen molar-refractivity contribution in [3.05, 3.63) is 82.5 Å². The number of amides is 1. The fraction of sp³-hybridized carbons (Fsp3) is 0. The number of nitrogens with one attached hydrogen (secondary N) is 1. The number of carbonyl (C=O) groups is 2. The minimum absolute atomic E-state index is 0.125. The zero-order valence-electron chi connectivity index (χ0n) is 13.3. The first-order valence-corrected chi connectivity index (χ1v) is 8.21. The zero-order chi connectivity index (χ0) is 18.4. The van der Waals surface area contributed by atoms with Crippen molar-refractivity contribution >= 4 is 34.0 Å². The number of hydrogen-bond acceptors (Lipinski definition) is 6. The minimum atomic E-state index is -0.577. The number of rotatable bonds is 5. The van der Waals surface area contributed by atoms with E-state index >= 15 is 0 Å². The average molecular weight is 414 g/mol. The highest BCUT2D eigenvalue weighted by Crippen LogP contribution is 2.14. The monoisotopic (exact) mass is 413 g/mol. The van der Waals surface area contributed by atoms with Crippen LogP contribution in [0.2, 0.25) is 0 Å². The standard InChI is InChI=1S/C18H12BrN3O4/c19-14-8-13(10-20-11-14)17(23)22-21-9-12-3-5-15(6-4-12)26-18(24)16-2-1-7-25-16/h1-11H,(H,22,23)/b21-9+. The molecule has 1 aromatic carbocycles. The van der Waals surface area contributed by atoms with Gasteiger partial charge in [-0.15, -0.1) is 0 Å².